The third kappa shape index (κ3) is 4.99. The smallest absolute Gasteiger partial charge is 0.302 e. The Morgan fingerprint density at radius 2 is 1.84 bits per heavy atom. The number of hydrogen-bond acceptors (Lipinski definition) is 6. The molecule has 1 unspecified atom stereocenters. The molecule has 0 spiro atoms. The van der Waals surface area contributed by atoms with E-state index in [0.29, 0.717) is 23.4 Å². The van der Waals surface area contributed by atoms with Crippen LogP contribution in [0.4, 0.5) is 14.9 Å². The van der Waals surface area contributed by atoms with E-state index in [1.54, 1.807) is 18.2 Å². The fraction of sp³-hybridized carbons (Fsp3) is 0.318. The van der Waals surface area contributed by atoms with Crippen molar-refractivity contribution in [1.82, 2.24) is 5.01 Å². The summed E-state index contributed by atoms with van der Waals surface area (Å²) in [5, 5.41) is 8.34. The van der Waals surface area contributed by atoms with Crippen molar-refractivity contribution in [3.63, 3.8) is 0 Å². The molecule has 0 saturated carbocycles. The number of hydrogen-bond donors (Lipinski definition) is 1. The van der Waals surface area contributed by atoms with Gasteiger partial charge in [-0.05, 0) is 36.2 Å². The van der Waals surface area contributed by atoms with Crippen molar-refractivity contribution in [2.75, 3.05) is 19.5 Å². The van der Waals surface area contributed by atoms with Crippen molar-refractivity contribution in [3.05, 3.63) is 53.3 Å². The number of nitrogens with one attached hydrogen (secondary N) is 1. The maximum Gasteiger partial charge on any atom is 0.302 e. The zero-order valence-electron chi connectivity index (χ0n) is 17.8. The average Bonchev–Trinajstić information content (AvgIpc) is 2.75. The number of anilines is 1. The van der Waals surface area contributed by atoms with Crippen molar-refractivity contribution in [2.24, 2.45) is 5.10 Å². The van der Waals surface area contributed by atoms with Gasteiger partial charge in [-0.2, -0.15) is 5.10 Å². The number of benzene rings is 2. The Labute approximate surface area is 184 Å². The Balaban J connectivity index is 1.95. The number of carbonyl (C=O) groups excluding carboxylic acids is 2. The second-order valence-electron chi connectivity index (χ2n) is 6.86. The van der Waals surface area contributed by atoms with E-state index >= 15 is 0 Å². The minimum absolute atomic E-state index is 0.000404. The van der Waals surface area contributed by atoms with Gasteiger partial charge >= 0.3 is 5.24 Å². The maximum absolute atomic E-state index is 14.2. The van der Waals surface area contributed by atoms with Gasteiger partial charge in [0.1, 0.15) is 0 Å². The zero-order valence-corrected chi connectivity index (χ0v) is 18.6. The number of nitrogens with zero attached hydrogens (tertiary/aromatic N) is 2. The number of carbonyl (C=O) groups is 2. The van der Waals surface area contributed by atoms with Crippen LogP contribution in [0.2, 0.25) is 0 Å². The molecule has 2 aromatic rings. The Bertz CT molecular complexity index is 1010. The highest BCUT2D eigenvalue weighted by molar-refractivity contribution is 8.14. The second-order valence-corrected chi connectivity index (χ2v) is 8.02. The molecule has 0 aromatic heterocycles. The van der Waals surface area contributed by atoms with Gasteiger partial charge in [-0.3, -0.25) is 9.59 Å². The van der Waals surface area contributed by atoms with Crippen molar-refractivity contribution in [1.29, 1.82) is 0 Å². The summed E-state index contributed by atoms with van der Waals surface area (Å²) in [4.78, 5) is 23.9. The van der Waals surface area contributed by atoms with Gasteiger partial charge in [0.25, 0.3) is 0 Å². The molecule has 164 valence electrons. The summed E-state index contributed by atoms with van der Waals surface area (Å²) in [6.45, 7) is 3.66. The Kier molecular flexibility index (Phi) is 7.17. The zero-order chi connectivity index (χ0) is 22.5. The monoisotopic (exact) mass is 445 g/mol. The third-order valence-corrected chi connectivity index (χ3v) is 5.97. The van der Waals surface area contributed by atoms with Gasteiger partial charge in [0.15, 0.2) is 17.3 Å². The first-order valence-electron chi connectivity index (χ1n) is 9.71. The number of ether oxygens (including phenoxy) is 2. The van der Waals surface area contributed by atoms with Crippen molar-refractivity contribution in [2.45, 2.75) is 32.1 Å². The minimum Gasteiger partial charge on any atom is -0.492 e. The third-order valence-electron chi connectivity index (χ3n) is 4.71. The molecule has 31 heavy (non-hydrogen) atoms. The number of rotatable bonds is 7. The van der Waals surface area contributed by atoms with Crippen molar-refractivity contribution in [3.8, 4) is 11.5 Å². The first kappa shape index (κ1) is 22.6. The molecule has 1 heterocycles. The van der Waals surface area contributed by atoms with E-state index in [1.165, 1.54) is 44.0 Å². The summed E-state index contributed by atoms with van der Waals surface area (Å²) in [7, 11) is 2.82. The van der Waals surface area contributed by atoms with E-state index in [9.17, 15) is 14.0 Å². The van der Waals surface area contributed by atoms with E-state index in [4.69, 9.17) is 9.47 Å². The first-order chi connectivity index (χ1) is 14.9. The lowest BCUT2D eigenvalue weighted by Crippen LogP contribution is -2.35. The maximum atomic E-state index is 14.2. The van der Waals surface area contributed by atoms with Crippen LogP contribution in [0.3, 0.4) is 0 Å². The summed E-state index contributed by atoms with van der Waals surface area (Å²) in [5.74, 6) is -0.444. The molecule has 0 aliphatic carbocycles. The molecule has 3 rings (SSSR count). The molecule has 1 atom stereocenters. The summed E-state index contributed by atoms with van der Waals surface area (Å²) in [6.07, 6.45) is 0.664. The number of methoxy groups -OCH3 is 2. The number of halogens is 1. The molecule has 0 radical (unpaired) electrons. The molecule has 9 heteroatoms. The van der Waals surface area contributed by atoms with Gasteiger partial charge in [0.05, 0.1) is 31.7 Å². The summed E-state index contributed by atoms with van der Waals surface area (Å²) < 4.78 is 24.8. The highest BCUT2D eigenvalue weighted by atomic mass is 32.2. The van der Waals surface area contributed by atoms with Gasteiger partial charge in [-0.1, -0.05) is 30.8 Å². The molecular formula is C22H24FN3O4S. The van der Waals surface area contributed by atoms with Crippen LogP contribution in [-0.2, 0) is 11.3 Å². The van der Waals surface area contributed by atoms with Gasteiger partial charge in [-0.15, -0.1) is 0 Å². The molecule has 0 bridgehead atoms. The summed E-state index contributed by atoms with van der Waals surface area (Å²) in [5.41, 5.74) is 2.73. The highest BCUT2D eigenvalue weighted by Gasteiger charge is 2.33. The van der Waals surface area contributed by atoms with E-state index in [-0.39, 0.29) is 34.4 Å². The predicted octanol–water partition coefficient (Wildman–Crippen LogP) is 4.65. The lowest BCUT2D eigenvalue weighted by Gasteiger charge is -2.29. The van der Waals surface area contributed by atoms with Crippen LogP contribution in [-0.4, -0.2) is 41.3 Å². The molecule has 1 N–H and O–H groups in total. The van der Waals surface area contributed by atoms with Crippen LogP contribution in [0.15, 0.2) is 41.5 Å². The fourth-order valence-corrected chi connectivity index (χ4v) is 4.20. The number of hydrazone groups is 1. The van der Waals surface area contributed by atoms with E-state index < -0.39 is 5.82 Å². The quantitative estimate of drug-likeness (QED) is 0.671. The van der Waals surface area contributed by atoms with Crippen LogP contribution in [0.1, 0.15) is 31.4 Å². The topological polar surface area (TPSA) is 80.2 Å². The molecular weight excluding hydrogens is 421 g/mol. The SMILES string of the molecule is CCC1SC(=O)N(Cc2ccc(NC(C)=O)cc2)N=C1c1ccc(F)c(OC)c1OC. The van der Waals surface area contributed by atoms with Crippen molar-refractivity contribution < 1.29 is 23.5 Å². The normalized spacial score (nSPS) is 16.0. The average molecular weight is 446 g/mol. The van der Waals surface area contributed by atoms with Gasteiger partial charge in [-0.25, -0.2) is 9.40 Å². The highest BCUT2D eigenvalue weighted by Crippen LogP contribution is 2.38. The Morgan fingerprint density at radius 1 is 1.16 bits per heavy atom. The van der Waals surface area contributed by atoms with Crippen LogP contribution in [0.5, 0.6) is 11.5 Å². The molecule has 1 aliphatic heterocycles. The van der Waals surface area contributed by atoms with Gasteiger partial charge in [0, 0.05) is 18.2 Å². The Morgan fingerprint density at radius 3 is 2.42 bits per heavy atom. The lowest BCUT2D eigenvalue weighted by atomic mass is 10.0. The molecule has 0 fully saturated rings. The molecule has 2 amide bonds. The van der Waals surface area contributed by atoms with Crippen LogP contribution in [0.25, 0.3) is 0 Å². The molecule has 0 saturated heterocycles. The lowest BCUT2D eigenvalue weighted by molar-refractivity contribution is -0.114. The van der Waals surface area contributed by atoms with Crippen molar-refractivity contribution >= 4 is 34.3 Å². The minimum atomic E-state index is -0.535. The van der Waals surface area contributed by atoms with Crippen LogP contribution < -0.4 is 14.8 Å². The number of thioether (sulfide) groups is 1. The summed E-state index contributed by atoms with van der Waals surface area (Å²) >= 11 is 1.17. The second kappa shape index (κ2) is 9.82. The van der Waals surface area contributed by atoms with Crippen LogP contribution >= 0.6 is 11.8 Å². The molecule has 1 aliphatic rings. The standard InChI is InChI=1S/C22H24FN3O4S/c1-5-18-19(16-10-11-17(23)21(30-4)20(16)29-3)25-26(22(28)31-18)12-14-6-8-15(9-7-14)24-13(2)27/h6-11,18H,5,12H2,1-4H3,(H,24,27). The Hall–Kier alpha value is -3.07. The van der Waals surface area contributed by atoms with Gasteiger partial charge in [0.2, 0.25) is 5.91 Å². The summed E-state index contributed by atoms with van der Waals surface area (Å²) in [6, 6.07) is 10.1. The number of amides is 2. The van der Waals surface area contributed by atoms with E-state index in [2.05, 4.69) is 10.4 Å². The van der Waals surface area contributed by atoms with E-state index in [1.807, 2.05) is 19.1 Å². The van der Waals surface area contributed by atoms with Gasteiger partial charge < -0.3 is 14.8 Å². The van der Waals surface area contributed by atoms with E-state index in [0.717, 1.165) is 5.56 Å². The van der Waals surface area contributed by atoms with Crippen LogP contribution in [0, 0.1) is 5.82 Å². The molecule has 7 nitrogen and oxygen atoms in total. The first-order valence-corrected chi connectivity index (χ1v) is 10.6. The fourth-order valence-electron chi connectivity index (χ4n) is 3.28. The predicted molar refractivity (Wildman–Crippen MR) is 119 cm³/mol. The largest absolute Gasteiger partial charge is 0.492 e. The molecule has 2 aromatic carbocycles.